The smallest absolute Gasteiger partial charge is 0.267 e. The van der Waals surface area contributed by atoms with E-state index in [9.17, 15) is 9.59 Å². The number of rotatable bonds is 5. The van der Waals surface area contributed by atoms with Gasteiger partial charge in [-0.25, -0.2) is 4.98 Å². The second kappa shape index (κ2) is 9.76. The molecule has 0 unspecified atom stereocenters. The van der Waals surface area contributed by atoms with Crippen molar-refractivity contribution in [3.63, 3.8) is 0 Å². The molecule has 3 heterocycles. The molecule has 180 valence electrons. The molecule has 35 heavy (non-hydrogen) atoms. The third-order valence-corrected chi connectivity index (χ3v) is 9.96. The largest absolute Gasteiger partial charge is 0.325 e. The first kappa shape index (κ1) is 24.6. The van der Waals surface area contributed by atoms with E-state index in [-0.39, 0.29) is 22.0 Å². The van der Waals surface area contributed by atoms with Gasteiger partial charge in [0, 0.05) is 25.5 Å². The lowest BCUT2D eigenvalue weighted by Crippen LogP contribution is -2.26. The minimum atomic E-state index is -0.147. The molecule has 5 nitrogen and oxygen atoms in total. The molecule has 0 bridgehead atoms. The molecule has 2 aromatic carbocycles. The van der Waals surface area contributed by atoms with Crippen LogP contribution < -0.4 is 10.9 Å². The Kier molecular flexibility index (Phi) is 6.87. The molecule has 0 atom stereocenters. The molecule has 0 aliphatic carbocycles. The fraction of sp³-hybridized carbons (Fsp3) is 0.269. The van der Waals surface area contributed by atoms with Gasteiger partial charge in [0.15, 0.2) is 5.16 Å². The lowest BCUT2D eigenvalue weighted by atomic mass is 10.00. The summed E-state index contributed by atoms with van der Waals surface area (Å²) in [6, 6.07) is 15.3. The molecule has 0 radical (unpaired) electrons. The Morgan fingerprint density at radius 2 is 1.89 bits per heavy atom. The van der Waals surface area contributed by atoms with Gasteiger partial charge >= 0.3 is 0 Å². The van der Waals surface area contributed by atoms with Crippen LogP contribution in [0.4, 0.5) is 5.69 Å². The number of carbonyl (C=O) groups excluding carboxylic acids is 1. The van der Waals surface area contributed by atoms with Crippen molar-refractivity contribution in [1.82, 2.24) is 9.55 Å². The van der Waals surface area contributed by atoms with Crippen LogP contribution in [0.5, 0.6) is 0 Å². The molecule has 1 N–H and O–H groups in total. The van der Waals surface area contributed by atoms with Crippen LogP contribution in [0, 0.1) is 6.92 Å². The number of hydrogen-bond acceptors (Lipinski definition) is 6. The summed E-state index contributed by atoms with van der Waals surface area (Å²) >= 11 is 8.22. The highest BCUT2D eigenvalue weighted by Crippen LogP contribution is 2.44. The van der Waals surface area contributed by atoms with Gasteiger partial charge in [-0.2, -0.15) is 0 Å². The molecular weight excluding hydrogens is 562 g/mol. The molecule has 0 saturated heterocycles. The maximum atomic E-state index is 14.0. The Hall–Kier alpha value is -2.07. The molecule has 4 aromatic rings. The Labute approximate surface area is 224 Å². The number of thiophene rings is 1. The summed E-state index contributed by atoms with van der Waals surface area (Å²) in [6.45, 7) is 6.47. The Morgan fingerprint density at radius 3 is 2.60 bits per heavy atom. The summed E-state index contributed by atoms with van der Waals surface area (Å²) in [5, 5.41) is 4.17. The third-order valence-electron chi connectivity index (χ3n) is 5.83. The zero-order valence-corrected chi connectivity index (χ0v) is 23.6. The van der Waals surface area contributed by atoms with E-state index in [1.54, 1.807) is 15.9 Å². The van der Waals surface area contributed by atoms with E-state index in [2.05, 4.69) is 35.1 Å². The quantitative estimate of drug-likeness (QED) is 0.206. The minimum absolute atomic E-state index is 0.0603. The lowest BCUT2D eigenvalue weighted by Gasteiger charge is -2.28. The molecule has 0 spiro atoms. The minimum Gasteiger partial charge on any atom is -0.325 e. The molecular formula is C26H24BrN3O2S3. The van der Waals surface area contributed by atoms with Crippen molar-refractivity contribution in [3.8, 4) is 5.69 Å². The van der Waals surface area contributed by atoms with Crippen LogP contribution in [0.3, 0.4) is 0 Å². The van der Waals surface area contributed by atoms with E-state index < -0.39 is 0 Å². The molecule has 1 amide bonds. The van der Waals surface area contributed by atoms with Gasteiger partial charge in [-0.3, -0.25) is 14.2 Å². The van der Waals surface area contributed by atoms with Crippen LogP contribution in [-0.4, -0.2) is 26.0 Å². The molecule has 1 aliphatic heterocycles. The van der Waals surface area contributed by atoms with Gasteiger partial charge in [0.1, 0.15) is 4.83 Å². The Morgan fingerprint density at radius 1 is 1.17 bits per heavy atom. The Bertz CT molecular complexity index is 1480. The molecule has 2 aromatic heterocycles. The average Bonchev–Trinajstić information content (AvgIpc) is 3.17. The van der Waals surface area contributed by atoms with Crippen LogP contribution in [-0.2, 0) is 17.0 Å². The van der Waals surface area contributed by atoms with Crippen molar-refractivity contribution < 1.29 is 4.79 Å². The number of hydrogen-bond donors (Lipinski definition) is 1. The SMILES string of the molecule is Cc1ccc(-n2c(SCC(=O)Nc3ccc(Br)cc3)nc3sc4c(c3c2=O)CC(C)(C)SC4)cc1. The number of anilines is 1. The number of fused-ring (bicyclic) bond motifs is 3. The van der Waals surface area contributed by atoms with Gasteiger partial charge in [-0.05, 0) is 55.3 Å². The van der Waals surface area contributed by atoms with E-state index in [1.165, 1.54) is 16.6 Å². The maximum absolute atomic E-state index is 14.0. The first-order valence-electron chi connectivity index (χ1n) is 11.2. The van der Waals surface area contributed by atoms with E-state index in [0.717, 1.165) is 49.4 Å². The van der Waals surface area contributed by atoms with Crippen molar-refractivity contribution >= 4 is 72.6 Å². The van der Waals surface area contributed by atoms with Gasteiger partial charge in [0.05, 0.1) is 16.8 Å². The highest BCUT2D eigenvalue weighted by atomic mass is 79.9. The van der Waals surface area contributed by atoms with E-state index in [0.29, 0.717) is 5.16 Å². The molecule has 1 aliphatic rings. The summed E-state index contributed by atoms with van der Waals surface area (Å²) in [7, 11) is 0. The second-order valence-corrected chi connectivity index (χ2v) is 13.7. The third kappa shape index (κ3) is 5.23. The second-order valence-electron chi connectivity index (χ2n) is 9.12. The number of nitrogens with zero attached hydrogens (tertiary/aromatic N) is 2. The normalized spacial score (nSPS) is 14.6. The van der Waals surface area contributed by atoms with E-state index in [1.807, 2.05) is 67.2 Å². The van der Waals surface area contributed by atoms with Crippen molar-refractivity contribution in [2.75, 3.05) is 11.1 Å². The summed E-state index contributed by atoms with van der Waals surface area (Å²) in [5.74, 6) is 0.893. The topological polar surface area (TPSA) is 64.0 Å². The van der Waals surface area contributed by atoms with Crippen LogP contribution in [0.25, 0.3) is 15.9 Å². The lowest BCUT2D eigenvalue weighted by molar-refractivity contribution is -0.113. The molecule has 9 heteroatoms. The standard InChI is InChI=1S/C26H24BrN3O2S3/c1-15-4-10-18(11-5-15)30-24(32)22-19-12-26(2,3)34-13-20(19)35-23(22)29-25(30)33-14-21(31)28-17-8-6-16(27)7-9-17/h4-11H,12-14H2,1-3H3,(H,28,31). The number of thioether (sulfide) groups is 2. The van der Waals surface area contributed by atoms with Gasteiger partial charge in [-0.15, -0.1) is 23.1 Å². The highest BCUT2D eigenvalue weighted by molar-refractivity contribution is 9.10. The zero-order chi connectivity index (χ0) is 24.7. The number of amides is 1. The molecule has 0 fully saturated rings. The van der Waals surface area contributed by atoms with E-state index >= 15 is 0 Å². The van der Waals surface area contributed by atoms with Gasteiger partial charge in [-0.1, -0.05) is 59.2 Å². The van der Waals surface area contributed by atoms with Crippen molar-refractivity contribution in [1.29, 1.82) is 0 Å². The number of carbonyl (C=O) groups is 1. The fourth-order valence-corrected chi connectivity index (χ4v) is 7.51. The average molecular weight is 587 g/mol. The number of nitrogens with one attached hydrogen (secondary N) is 1. The van der Waals surface area contributed by atoms with Crippen molar-refractivity contribution in [3.05, 3.63) is 79.4 Å². The van der Waals surface area contributed by atoms with Gasteiger partial charge in [0.2, 0.25) is 5.91 Å². The highest BCUT2D eigenvalue weighted by Gasteiger charge is 2.31. The van der Waals surface area contributed by atoms with Crippen LogP contribution in [0.15, 0.2) is 63.0 Å². The van der Waals surface area contributed by atoms with Gasteiger partial charge in [0.25, 0.3) is 5.56 Å². The first-order chi connectivity index (χ1) is 16.7. The maximum Gasteiger partial charge on any atom is 0.267 e. The summed E-state index contributed by atoms with van der Waals surface area (Å²) < 4.78 is 2.70. The number of benzene rings is 2. The number of halogens is 1. The van der Waals surface area contributed by atoms with Gasteiger partial charge < -0.3 is 5.32 Å². The first-order valence-corrected chi connectivity index (χ1v) is 14.7. The zero-order valence-electron chi connectivity index (χ0n) is 19.6. The predicted octanol–water partition coefficient (Wildman–Crippen LogP) is 6.82. The monoisotopic (exact) mass is 585 g/mol. The van der Waals surface area contributed by atoms with Crippen molar-refractivity contribution in [2.45, 2.75) is 42.8 Å². The van der Waals surface area contributed by atoms with Crippen LogP contribution in [0.1, 0.15) is 29.9 Å². The summed E-state index contributed by atoms with van der Waals surface area (Å²) in [6.07, 6.45) is 0.847. The molecule has 0 saturated carbocycles. The predicted molar refractivity (Wildman–Crippen MR) is 153 cm³/mol. The Balaban J connectivity index is 1.53. The van der Waals surface area contributed by atoms with Crippen molar-refractivity contribution in [2.24, 2.45) is 0 Å². The van der Waals surface area contributed by atoms with Crippen LogP contribution in [0.2, 0.25) is 0 Å². The summed E-state index contributed by atoms with van der Waals surface area (Å²) in [4.78, 5) is 33.6. The fourth-order valence-electron chi connectivity index (χ4n) is 4.05. The summed E-state index contributed by atoms with van der Waals surface area (Å²) in [5.41, 5.74) is 3.68. The van der Waals surface area contributed by atoms with Crippen LogP contribution >= 0.6 is 50.8 Å². The molecule has 5 rings (SSSR count). The van der Waals surface area contributed by atoms with E-state index in [4.69, 9.17) is 4.98 Å². The number of aromatic nitrogens is 2. The number of aryl methyl sites for hydroxylation is 1.